The molecule has 15 heavy (non-hydrogen) atoms. The first-order chi connectivity index (χ1) is 6.32. The minimum absolute atomic E-state index is 0. The molecule has 0 radical (unpaired) electrons. The second kappa shape index (κ2) is 5.64. The summed E-state index contributed by atoms with van der Waals surface area (Å²) in [6.07, 6.45) is 0. The molecule has 0 aromatic heterocycles. The van der Waals surface area contributed by atoms with Gasteiger partial charge < -0.3 is 2.85 Å². The molecule has 0 aliphatic heterocycles. The number of aryl methyl sites for hydroxylation is 1. The molecule has 0 aliphatic rings. The fraction of sp³-hybridized carbons (Fsp3) is 0.400. The monoisotopic (exact) mass is 256 g/mol. The van der Waals surface area contributed by atoms with Gasteiger partial charge in [-0.25, -0.2) is 0 Å². The molecule has 0 heterocycles. The van der Waals surface area contributed by atoms with Crippen LogP contribution in [0.15, 0.2) is 23.1 Å². The van der Waals surface area contributed by atoms with Gasteiger partial charge in [0.25, 0.3) is 10.1 Å². The van der Waals surface area contributed by atoms with Crippen LogP contribution in [0.1, 0.15) is 33.7 Å². The molecule has 0 aliphatic carbocycles. The molecule has 1 aromatic carbocycles. The molecule has 1 N–H and O–H groups in total. The van der Waals surface area contributed by atoms with Crippen LogP contribution in [0.25, 0.3) is 0 Å². The van der Waals surface area contributed by atoms with E-state index in [0.717, 1.165) is 5.56 Å². The van der Waals surface area contributed by atoms with Crippen molar-refractivity contribution in [3.63, 3.8) is 0 Å². The standard InChI is InChI=1S/C10H14O3S.Ca.2H/c1-7(2)9-4-5-10(8(3)6-9)14(11,12)13;;;/h4-7H,1-3H3,(H,11,12,13);;;/q;+2;2*-1. The number of hydrogen-bond acceptors (Lipinski definition) is 2. The molecule has 1 aromatic rings. The fourth-order valence-corrected chi connectivity index (χ4v) is 2.03. The molecule has 0 saturated carbocycles. The van der Waals surface area contributed by atoms with Gasteiger partial charge in [0.15, 0.2) is 0 Å². The molecule has 0 atom stereocenters. The second-order valence-corrected chi connectivity index (χ2v) is 5.04. The van der Waals surface area contributed by atoms with Gasteiger partial charge in [-0.15, -0.1) is 0 Å². The Morgan fingerprint density at radius 1 is 1.33 bits per heavy atom. The van der Waals surface area contributed by atoms with Crippen LogP contribution in [-0.4, -0.2) is 50.7 Å². The van der Waals surface area contributed by atoms with Crippen LogP contribution in [0.5, 0.6) is 0 Å². The number of rotatable bonds is 2. The van der Waals surface area contributed by atoms with E-state index >= 15 is 0 Å². The smallest absolute Gasteiger partial charge is 1.00 e. The predicted molar refractivity (Wildman–Crippen MR) is 63.1 cm³/mol. The first kappa shape index (κ1) is 15.4. The molecule has 0 spiro atoms. The summed E-state index contributed by atoms with van der Waals surface area (Å²) in [5.41, 5.74) is 1.65. The third kappa shape index (κ3) is 4.04. The van der Waals surface area contributed by atoms with Crippen LogP contribution in [-0.2, 0) is 10.1 Å². The van der Waals surface area contributed by atoms with Gasteiger partial charge in [0, 0.05) is 0 Å². The van der Waals surface area contributed by atoms with Gasteiger partial charge in [-0.2, -0.15) is 8.42 Å². The van der Waals surface area contributed by atoms with Gasteiger partial charge in [0.05, 0.1) is 4.90 Å². The summed E-state index contributed by atoms with van der Waals surface area (Å²) in [6, 6.07) is 4.95. The van der Waals surface area contributed by atoms with Crippen LogP contribution in [0.4, 0.5) is 0 Å². The average molecular weight is 256 g/mol. The Hall–Kier alpha value is 0.390. The summed E-state index contributed by atoms with van der Waals surface area (Å²) >= 11 is 0. The maximum Gasteiger partial charge on any atom is 2.00 e. The third-order valence-electron chi connectivity index (χ3n) is 2.14. The molecule has 1 rings (SSSR count). The fourth-order valence-electron chi connectivity index (χ4n) is 1.32. The van der Waals surface area contributed by atoms with E-state index in [1.807, 2.05) is 13.8 Å². The zero-order valence-electron chi connectivity index (χ0n) is 11.2. The number of benzene rings is 1. The van der Waals surface area contributed by atoms with E-state index in [2.05, 4.69) is 0 Å². The summed E-state index contributed by atoms with van der Waals surface area (Å²) < 4.78 is 30.7. The van der Waals surface area contributed by atoms with Crippen molar-refractivity contribution in [3.8, 4) is 0 Å². The van der Waals surface area contributed by atoms with E-state index < -0.39 is 10.1 Å². The molecule has 0 fully saturated rings. The van der Waals surface area contributed by atoms with Crippen molar-refractivity contribution in [2.45, 2.75) is 31.6 Å². The molecule has 5 heteroatoms. The van der Waals surface area contributed by atoms with Crippen LogP contribution in [0, 0.1) is 6.92 Å². The molecule has 3 nitrogen and oxygen atoms in total. The predicted octanol–water partition coefficient (Wildman–Crippen LogP) is 2.21. The van der Waals surface area contributed by atoms with Crippen molar-refractivity contribution in [1.29, 1.82) is 0 Å². The van der Waals surface area contributed by atoms with Crippen molar-refractivity contribution in [2.75, 3.05) is 0 Å². The molecule has 0 amide bonds. The Balaban J connectivity index is -0.000000653. The largest absolute Gasteiger partial charge is 2.00 e. The molecular formula is C10H16CaO3S. The van der Waals surface area contributed by atoms with Crippen molar-refractivity contribution in [1.82, 2.24) is 0 Å². The van der Waals surface area contributed by atoms with E-state index in [1.165, 1.54) is 6.07 Å². The van der Waals surface area contributed by atoms with Gasteiger partial charge in [-0.05, 0) is 30.0 Å². The number of hydrogen-bond donors (Lipinski definition) is 1. The summed E-state index contributed by atoms with van der Waals surface area (Å²) in [4.78, 5) is -0.0121. The van der Waals surface area contributed by atoms with Gasteiger partial charge in [-0.1, -0.05) is 26.0 Å². The van der Waals surface area contributed by atoms with E-state index in [0.29, 0.717) is 11.5 Å². The maximum absolute atomic E-state index is 10.9. The van der Waals surface area contributed by atoms with E-state index in [-0.39, 0.29) is 45.5 Å². The Morgan fingerprint density at radius 2 is 1.87 bits per heavy atom. The molecule has 0 unspecified atom stereocenters. The van der Waals surface area contributed by atoms with E-state index in [9.17, 15) is 8.42 Å². The Morgan fingerprint density at radius 3 is 2.20 bits per heavy atom. The Kier molecular flexibility index (Phi) is 5.79. The van der Waals surface area contributed by atoms with Crippen LogP contribution < -0.4 is 0 Å². The zero-order chi connectivity index (χ0) is 10.9. The van der Waals surface area contributed by atoms with E-state index in [4.69, 9.17) is 4.55 Å². The van der Waals surface area contributed by atoms with Gasteiger partial charge in [0.2, 0.25) is 0 Å². The van der Waals surface area contributed by atoms with Crippen molar-refractivity contribution >= 4 is 47.9 Å². The molecule has 82 valence electrons. The normalized spacial score (nSPS) is 11.3. The Bertz CT molecular complexity index is 447. The second-order valence-electron chi connectivity index (χ2n) is 3.65. The van der Waals surface area contributed by atoms with Crippen LogP contribution in [0.3, 0.4) is 0 Å². The quantitative estimate of drug-likeness (QED) is 0.652. The van der Waals surface area contributed by atoms with Gasteiger partial charge >= 0.3 is 37.7 Å². The summed E-state index contributed by atoms with van der Waals surface area (Å²) in [5.74, 6) is 0.351. The zero-order valence-corrected chi connectivity index (χ0v) is 12.2. The SMILES string of the molecule is Cc1cc(C(C)C)ccc1S(=O)(=O)O.[Ca+2].[H-].[H-]. The first-order valence-corrected chi connectivity index (χ1v) is 5.84. The summed E-state index contributed by atoms with van der Waals surface area (Å²) in [6.45, 7) is 5.73. The van der Waals surface area contributed by atoms with E-state index in [1.54, 1.807) is 19.1 Å². The van der Waals surface area contributed by atoms with Crippen LogP contribution in [0.2, 0.25) is 0 Å². The van der Waals surface area contributed by atoms with Crippen molar-refractivity contribution in [2.24, 2.45) is 0 Å². The maximum atomic E-state index is 10.9. The molecular weight excluding hydrogens is 240 g/mol. The van der Waals surface area contributed by atoms with Crippen LogP contribution >= 0.6 is 0 Å². The minimum atomic E-state index is -4.08. The van der Waals surface area contributed by atoms with Gasteiger partial charge in [0.1, 0.15) is 0 Å². The first-order valence-electron chi connectivity index (χ1n) is 4.40. The topological polar surface area (TPSA) is 54.4 Å². The third-order valence-corrected chi connectivity index (χ3v) is 3.16. The molecule has 0 saturated heterocycles. The summed E-state index contributed by atoms with van der Waals surface area (Å²) in [7, 11) is -4.08. The van der Waals surface area contributed by atoms with Crippen molar-refractivity contribution < 1.29 is 15.8 Å². The minimum Gasteiger partial charge on any atom is -1.00 e. The average Bonchev–Trinajstić information content (AvgIpc) is 2.01. The molecule has 0 bridgehead atoms. The Labute approximate surface area is 124 Å². The summed E-state index contributed by atoms with van der Waals surface area (Å²) in [5, 5.41) is 0. The van der Waals surface area contributed by atoms with Crippen molar-refractivity contribution in [3.05, 3.63) is 29.3 Å². The van der Waals surface area contributed by atoms with Gasteiger partial charge in [-0.3, -0.25) is 4.55 Å².